The Kier molecular flexibility index (Phi) is 6.80. The van der Waals surface area contributed by atoms with E-state index in [1.807, 2.05) is 0 Å². The van der Waals surface area contributed by atoms with Gasteiger partial charge in [-0.2, -0.15) is 0 Å². The van der Waals surface area contributed by atoms with Gasteiger partial charge >= 0.3 is 0 Å². The second kappa shape index (κ2) is 9.72. The van der Waals surface area contributed by atoms with E-state index in [0.717, 1.165) is 11.2 Å². The zero-order valence-electron chi connectivity index (χ0n) is 25.2. The Morgan fingerprint density at radius 3 is 1.18 bits per heavy atom. The van der Waals surface area contributed by atoms with Crippen LogP contribution in [-0.4, -0.2) is 16.5 Å². The SMILES string of the molecule is Cc1cc(C)c(N[Si](C)(C)c2cccc3c2oc2c([Si](C)(C)Nc4c(C)cc(C)cc4C)cccc23)c(C)c1. The van der Waals surface area contributed by atoms with Gasteiger partial charge in [-0.05, 0) is 90.0 Å². The van der Waals surface area contributed by atoms with Crippen molar-refractivity contribution in [2.24, 2.45) is 0 Å². The van der Waals surface area contributed by atoms with E-state index in [2.05, 4.69) is 138 Å². The van der Waals surface area contributed by atoms with E-state index >= 15 is 0 Å². The van der Waals surface area contributed by atoms with Crippen molar-refractivity contribution in [1.82, 2.24) is 0 Å². The van der Waals surface area contributed by atoms with Crippen LogP contribution in [0.3, 0.4) is 0 Å². The van der Waals surface area contributed by atoms with E-state index < -0.39 is 16.5 Å². The largest absolute Gasteiger partial charge is 0.456 e. The summed E-state index contributed by atoms with van der Waals surface area (Å²) in [4.78, 5) is 8.01. The van der Waals surface area contributed by atoms with Crippen molar-refractivity contribution in [2.75, 3.05) is 9.96 Å². The zero-order chi connectivity index (χ0) is 28.3. The van der Waals surface area contributed by atoms with Crippen molar-refractivity contribution in [2.45, 2.75) is 67.7 Å². The minimum absolute atomic E-state index is 1.03. The van der Waals surface area contributed by atoms with Crippen LogP contribution in [0.4, 0.5) is 11.4 Å². The summed E-state index contributed by atoms with van der Waals surface area (Å²) in [6.45, 7) is 22.7. The van der Waals surface area contributed by atoms with Gasteiger partial charge in [0.1, 0.15) is 11.2 Å². The number of para-hydroxylation sites is 2. The Bertz CT molecular complexity index is 1560. The molecule has 1 heterocycles. The van der Waals surface area contributed by atoms with Crippen molar-refractivity contribution in [1.29, 1.82) is 0 Å². The van der Waals surface area contributed by atoms with Gasteiger partial charge in [-0.15, -0.1) is 0 Å². The summed E-state index contributed by atoms with van der Waals surface area (Å²) < 4.78 is 6.91. The summed E-state index contributed by atoms with van der Waals surface area (Å²) in [5.74, 6) is 0. The summed E-state index contributed by atoms with van der Waals surface area (Å²) >= 11 is 0. The van der Waals surface area contributed by atoms with Crippen molar-refractivity contribution in [3.8, 4) is 0 Å². The van der Waals surface area contributed by atoms with Gasteiger partial charge in [-0.1, -0.05) is 71.8 Å². The van der Waals surface area contributed by atoms with Gasteiger partial charge in [-0.25, -0.2) is 0 Å². The third kappa shape index (κ3) is 4.94. The Labute approximate surface area is 235 Å². The van der Waals surface area contributed by atoms with E-state index in [1.54, 1.807) is 0 Å². The van der Waals surface area contributed by atoms with Crippen molar-refractivity contribution in [3.05, 3.63) is 94.0 Å². The van der Waals surface area contributed by atoms with Crippen LogP contribution in [0.1, 0.15) is 33.4 Å². The maximum atomic E-state index is 6.91. The van der Waals surface area contributed by atoms with Gasteiger partial charge < -0.3 is 14.4 Å². The molecule has 0 fully saturated rings. The quantitative estimate of drug-likeness (QED) is 0.208. The van der Waals surface area contributed by atoms with Gasteiger partial charge in [-0.3, -0.25) is 0 Å². The number of anilines is 2. The average Bonchev–Trinajstić information content (AvgIpc) is 3.22. The smallest absolute Gasteiger partial charge is 0.183 e. The lowest BCUT2D eigenvalue weighted by atomic mass is 10.1. The monoisotopic (exact) mass is 550 g/mol. The number of nitrogens with one attached hydrogen (secondary N) is 2. The highest BCUT2D eigenvalue weighted by Gasteiger charge is 2.32. The Morgan fingerprint density at radius 2 is 0.846 bits per heavy atom. The molecule has 0 saturated heterocycles. The number of rotatable bonds is 6. The first-order valence-corrected chi connectivity index (χ1v) is 20.0. The Morgan fingerprint density at radius 1 is 0.513 bits per heavy atom. The second-order valence-corrected chi connectivity index (χ2v) is 20.6. The number of fused-ring (bicyclic) bond motifs is 3. The van der Waals surface area contributed by atoms with E-state index in [-0.39, 0.29) is 0 Å². The van der Waals surface area contributed by atoms with Crippen LogP contribution in [0.5, 0.6) is 0 Å². The molecule has 0 saturated carbocycles. The molecule has 39 heavy (non-hydrogen) atoms. The molecule has 0 aliphatic rings. The van der Waals surface area contributed by atoms with Gasteiger partial charge in [0.15, 0.2) is 16.5 Å². The highest BCUT2D eigenvalue weighted by molar-refractivity contribution is 6.94. The summed E-state index contributed by atoms with van der Waals surface area (Å²) in [6.07, 6.45) is 0. The van der Waals surface area contributed by atoms with Crippen LogP contribution in [-0.2, 0) is 0 Å². The predicted octanol–water partition coefficient (Wildman–Crippen LogP) is 8.48. The van der Waals surface area contributed by atoms with E-state index in [0.29, 0.717) is 0 Å². The molecule has 0 spiro atoms. The molecule has 0 bridgehead atoms. The second-order valence-electron chi connectivity index (χ2n) is 12.5. The van der Waals surface area contributed by atoms with E-state index in [4.69, 9.17) is 4.42 Å². The fourth-order valence-electron chi connectivity index (χ4n) is 6.32. The first kappa shape index (κ1) is 27.3. The zero-order valence-corrected chi connectivity index (χ0v) is 27.2. The highest BCUT2D eigenvalue weighted by atomic mass is 28.3. The normalized spacial score (nSPS) is 12.4. The first-order valence-electron chi connectivity index (χ1n) is 14.0. The summed E-state index contributed by atoms with van der Waals surface area (Å²) in [5.41, 5.74) is 12.4. The molecule has 1 aromatic heterocycles. The number of furan rings is 1. The lowest BCUT2D eigenvalue weighted by Crippen LogP contribution is -2.50. The minimum Gasteiger partial charge on any atom is -0.456 e. The van der Waals surface area contributed by atoms with Crippen LogP contribution in [0.2, 0.25) is 26.2 Å². The van der Waals surface area contributed by atoms with Gasteiger partial charge in [0.2, 0.25) is 0 Å². The molecule has 0 unspecified atom stereocenters. The summed E-state index contributed by atoms with van der Waals surface area (Å²) in [5, 5.41) is 5.02. The molecule has 3 nitrogen and oxygen atoms in total. The van der Waals surface area contributed by atoms with Crippen LogP contribution >= 0.6 is 0 Å². The molecule has 0 aliphatic carbocycles. The maximum absolute atomic E-state index is 6.91. The fraction of sp³-hybridized carbons (Fsp3) is 0.294. The van der Waals surface area contributed by atoms with Crippen molar-refractivity contribution >= 4 is 60.2 Å². The molecule has 5 rings (SSSR count). The molecular weight excluding hydrogens is 509 g/mol. The molecule has 202 valence electrons. The molecule has 0 atom stereocenters. The topological polar surface area (TPSA) is 37.2 Å². The van der Waals surface area contributed by atoms with Crippen LogP contribution in [0.15, 0.2) is 65.1 Å². The standard InChI is InChI=1S/C34H42N2OSi2/c1-21-17-23(3)31(24(4)18-21)35-38(7,8)29-15-11-13-27-28-14-12-16-30(34(28)37-33(27)29)39(9,10)36-32-25(5)19-22(2)20-26(32)6/h11-20,35-36H,1-10H3. The van der Waals surface area contributed by atoms with Crippen molar-refractivity contribution in [3.63, 3.8) is 0 Å². The minimum atomic E-state index is -2.12. The van der Waals surface area contributed by atoms with Gasteiger partial charge in [0, 0.05) is 32.5 Å². The van der Waals surface area contributed by atoms with E-state index in [1.165, 1.54) is 65.9 Å². The third-order valence-electron chi connectivity index (χ3n) is 8.10. The van der Waals surface area contributed by atoms with E-state index in [9.17, 15) is 0 Å². The van der Waals surface area contributed by atoms with Gasteiger partial charge in [0.25, 0.3) is 0 Å². The highest BCUT2D eigenvalue weighted by Crippen LogP contribution is 2.32. The number of benzene rings is 4. The van der Waals surface area contributed by atoms with Crippen molar-refractivity contribution < 1.29 is 4.42 Å². The first-order chi connectivity index (χ1) is 18.3. The fourth-order valence-corrected chi connectivity index (χ4v) is 11.2. The Hall–Kier alpha value is -3.29. The molecular formula is C34H42N2OSi2. The molecule has 0 amide bonds. The van der Waals surface area contributed by atoms with Crippen LogP contribution in [0.25, 0.3) is 21.9 Å². The number of aryl methyl sites for hydroxylation is 6. The Balaban J connectivity index is 1.62. The number of hydrogen-bond acceptors (Lipinski definition) is 3. The molecule has 4 aromatic carbocycles. The molecule has 0 aliphatic heterocycles. The number of hydrogen-bond donors (Lipinski definition) is 2. The van der Waals surface area contributed by atoms with Crippen LogP contribution < -0.4 is 20.3 Å². The third-order valence-corrected chi connectivity index (χ3v) is 13.3. The maximum Gasteiger partial charge on any atom is 0.183 e. The summed E-state index contributed by atoms with van der Waals surface area (Å²) in [7, 11) is -4.24. The lowest BCUT2D eigenvalue weighted by Gasteiger charge is -2.28. The summed E-state index contributed by atoms with van der Waals surface area (Å²) in [6, 6.07) is 22.4. The average molecular weight is 551 g/mol. The molecule has 5 heteroatoms. The predicted molar refractivity (Wildman–Crippen MR) is 177 cm³/mol. The molecule has 0 radical (unpaired) electrons. The lowest BCUT2D eigenvalue weighted by molar-refractivity contribution is 0.673. The molecule has 2 N–H and O–H groups in total. The molecule has 5 aromatic rings. The van der Waals surface area contributed by atoms with Gasteiger partial charge in [0.05, 0.1) is 0 Å². The van der Waals surface area contributed by atoms with Crippen LogP contribution in [0, 0.1) is 41.5 Å².